The van der Waals surface area contributed by atoms with Gasteiger partial charge in [-0.1, -0.05) is 0 Å². The van der Waals surface area contributed by atoms with Gasteiger partial charge in [0.1, 0.15) is 13.1 Å². The molecule has 0 spiro atoms. The third-order valence-electron chi connectivity index (χ3n) is 3.35. The first-order valence-corrected chi connectivity index (χ1v) is 7.49. The van der Waals surface area contributed by atoms with Crippen molar-refractivity contribution in [3.63, 3.8) is 0 Å². The molecule has 134 valence electrons. The Morgan fingerprint density at radius 1 is 1.32 bits per heavy atom. The van der Waals surface area contributed by atoms with E-state index in [9.17, 15) is 19.7 Å². The van der Waals surface area contributed by atoms with Gasteiger partial charge in [0.15, 0.2) is 0 Å². The Hall–Kier alpha value is -3.24. The molecule has 25 heavy (non-hydrogen) atoms. The summed E-state index contributed by atoms with van der Waals surface area (Å²) in [6, 6.07) is 1.21. The number of nitro groups is 1. The van der Waals surface area contributed by atoms with Crippen LogP contribution in [-0.4, -0.2) is 43.0 Å². The molecule has 1 N–H and O–H groups in total. The number of rotatable bonds is 7. The molecule has 0 atom stereocenters. The Balaban J connectivity index is 2.06. The molecule has 0 unspecified atom stereocenters. The molecule has 11 heteroatoms. The van der Waals surface area contributed by atoms with Crippen molar-refractivity contribution in [3.8, 4) is 0 Å². The van der Waals surface area contributed by atoms with Gasteiger partial charge in [-0.25, -0.2) is 0 Å². The van der Waals surface area contributed by atoms with Crippen molar-refractivity contribution >= 4 is 23.4 Å². The Labute approximate surface area is 142 Å². The number of amides is 1. The van der Waals surface area contributed by atoms with Crippen LogP contribution in [0.3, 0.4) is 0 Å². The second-order valence-electron chi connectivity index (χ2n) is 5.19. The molecule has 0 aliphatic rings. The number of aromatic nitrogens is 4. The van der Waals surface area contributed by atoms with Crippen molar-refractivity contribution in [2.24, 2.45) is 0 Å². The summed E-state index contributed by atoms with van der Waals surface area (Å²) in [5, 5.41) is 21.2. The molecule has 0 fully saturated rings. The topological polar surface area (TPSA) is 134 Å². The zero-order chi connectivity index (χ0) is 18.6. The minimum absolute atomic E-state index is 0.0538. The average Bonchev–Trinajstić information content (AvgIpc) is 3.08. The highest BCUT2D eigenvalue weighted by Crippen LogP contribution is 2.19. The summed E-state index contributed by atoms with van der Waals surface area (Å²) in [6.45, 7) is 5.16. The molecule has 0 radical (unpaired) electrons. The highest BCUT2D eigenvalue weighted by atomic mass is 16.6. The second kappa shape index (κ2) is 7.55. The number of aryl methyl sites for hydroxylation is 1. The van der Waals surface area contributed by atoms with Crippen LogP contribution in [0.4, 0.5) is 11.5 Å². The van der Waals surface area contributed by atoms with Crippen LogP contribution in [0.25, 0.3) is 0 Å². The normalized spacial score (nSPS) is 10.5. The highest BCUT2D eigenvalue weighted by Gasteiger charge is 2.18. The van der Waals surface area contributed by atoms with Crippen LogP contribution in [0.5, 0.6) is 0 Å². The Bertz CT molecular complexity index is 809. The van der Waals surface area contributed by atoms with Crippen molar-refractivity contribution < 1.29 is 19.2 Å². The van der Waals surface area contributed by atoms with Gasteiger partial charge in [0.05, 0.1) is 41.0 Å². The quantitative estimate of drug-likeness (QED) is 0.443. The van der Waals surface area contributed by atoms with E-state index < -0.39 is 16.8 Å². The highest BCUT2D eigenvalue weighted by molar-refractivity contribution is 5.91. The van der Waals surface area contributed by atoms with Crippen LogP contribution >= 0.6 is 0 Å². The van der Waals surface area contributed by atoms with Gasteiger partial charge in [-0.2, -0.15) is 9.78 Å². The lowest BCUT2D eigenvalue weighted by atomic mass is 10.3. The number of carbonyl (C=O) groups is 2. The zero-order valence-electron chi connectivity index (χ0n) is 14.1. The van der Waals surface area contributed by atoms with Crippen LogP contribution in [0, 0.1) is 24.0 Å². The lowest BCUT2D eigenvalue weighted by Gasteiger charge is -2.06. The smallest absolute Gasteiger partial charge is 0.389 e. The van der Waals surface area contributed by atoms with Gasteiger partial charge in [-0.3, -0.25) is 14.3 Å². The number of ether oxygens (including phenoxy) is 1. The molecule has 1 amide bonds. The lowest BCUT2D eigenvalue weighted by Crippen LogP contribution is -2.20. The zero-order valence-corrected chi connectivity index (χ0v) is 14.1. The van der Waals surface area contributed by atoms with Crippen molar-refractivity contribution in [2.75, 3.05) is 11.9 Å². The third kappa shape index (κ3) is 4.40. The van der Waals surface area contributed by atoms with E-state index in [0.717, 1.165) is 0 Å². The summed E-state index contributed by atoms with van der Waals surface area (Å²) in [5.74, 6) is -1.17. The van der Waals surface area contributed by atoms with E-state index in [2.05, 4.69) is 15.5 Å². The van der Waals surface area contributed by atoms with Gasteiger partial charge in [0, 0.05) is 0 Å². The maximum Gasteiger partial charge on any atom is 0.389 e. The molecular formula is C14H18N6O5. The fourth-order valence-electron chi connectivity index (χ4n) is 2.22. The number of nitrogens with zero attached hydrogens (tertiary/aromatic N) is 5. The molecule has 0 aliphatic carbocycles. The number of carbonyl (C=O) groups excluding carboxylic acids is 2. The summed E-state index contributed by atoms with van der Waals surface area (Å²) < 4.78 is 7.49. The molecule has 0 bridgehead atoms. The van der Waals surface area contributed by atoms with Crippen LogP contribution < -0.4 is 5.32 Å². The van der Waals surface area contributed by atoms with E-state index in [1.807, 2.05) is 0 Å². The number of anilines is 1. The van der Waals surface area contributed by atoms with E-state index in [0.29, 0.717) is 17.1 Å². The fourth-order valence-corrected chi connectivity index (χ4v) is 2.22. The van der Waals surface area contributed by atoms with Crippen LogP contribution in [-0.2, 0) is 27.4 Å². The number of esters is 1. The van der Waals surface area contributed by atoms with Crippen molar-refractivity contribution in [1.82, 2.24) is 19.6 Å². The average molecular weight is 350 g/mol. The molecule has 0 aromatic carbocycles. The molecule has 0 saturated heterocycles. The predicted octanol–water partition coefficient (Wildman–Crippen LogP) is 0.806. The van der Waals surface area contributed by atoms with E-state index in [1.54, 1.807) is 20.8 Å². The van der Waals surface area contributed by atoms with Crippen molar-refractivity contribution in [3.05, 3.63) is 33.8 Å². The molecule has 2 rings (SSSR count). The second-order valence-corrected chi connectivity index (χ2v) is 5.19. The molecule has 0 saturated carbocycles. The first-order chi connectivity index (χ1) is 11.8. The summed E-state index contributed by atoms with van der Waals surface area (Å²) >= 11 is 0. The summed E-state index contributed by atoms with van der Waals surface area (Å²) in [4.78, 5) is 33.7. The fraction of sp³-hybridized carbons (Fsp3) is 0.429. The Kier molecular flexibility index (Phi) is 5.47. The van der Waals surface area contributed by atoms with E-state index in [-0.39, 0.29) is 25.5 Å². The number of nitrogens with one attached hydrogen (secondary N) is 1. The SMILES string of the molecule is CCOC(=O)Cn1nc(C)c(NC(=O)Cn2ccc([N+](=O)[O-])n2)c1C. The molecule has 2 aromatic rings. The van der Waals surface area contributed by atoms with Gasteiger partial charge in [-0.15, -0.1) is 0 Å². The summed E-state index contributed by atoms with van der Waals surface area (Å²) in [6.07, 6.45) is 1.35. The lowest BCUT2D eigenvalue weighted by molar-refractivity contribution is -0.389. The number of hydrogen-bond donors (Lipinski definition) is 1. The molecular weight excluding hydrogens is 332 g/mol. The predicted molar refractivity (Wildman–Crippen MR) is 85.8 cm³/mol. The van der Waals surface area contributed by atoms with E-state index in [1.165, 1.54) is 21.6 Å². The van der Waals surface area contributed by atoms with Crippen molar-refractivity contribution in [2.45, 2.75) is 33.9 Å². The molecule has 2 heterocycles. The monoisotopic (exact) mass is 350 g/mol. The summed E-state index contributed by atoms with van der Waals surface area (Å²) in [5.41, 5.74) is 1.63. The van der Waals surface area contributed by atoms with E-state index >= 15 is 0 Å². The minimum Gasteiger partial charge on any atom is -0.465 e. The van der Waals surface area contributed by atoms with Gasteiger partial charge < -0.3 is 20.2 Å². The van der Waals surface area contributed by atoms with Gasteiger partial charge >= 0.3 is 11.8 Å². The summed E-state index contributed by atoms with van der Waals surface area (Å²) in [7, 11) is 0. The molecule has 11 nitrogen and oxygen atoms in total. The van der Waals surface area contributed by atoms with Crippen LogP contribution in [0.2, 0.25) is 0 Å². The van der Waals surface area contributed by atoms with Crippen LogP contribution in [0.1, 0.15) is 18.3 Å². The Morgan fingerprint density at radius 2 is 2.04 bits per heavy atom. The Morgan fingerprint density at radius 3 is 2.64 bits per heavy atom. The van der Waals surface area contributed by atoms with Crippen LogP contribution in [0.15, 0.2) is 12.3 Å². The first-order valence-electron chi connectivity index (χ1n) is 7.49. The maximum atomic E-state index is 12.1. The maximum absolute atomic E-state index is 12.1. The number of hydrogen-bond acceptors (Lipinski definition) is 7. The van der Waals surface area contributed by atoms with Gasteiger partial charge in [0.25, 0.3) is 0 Å². The van der Waals surface area contributed by atoms with Gasteiger partial charge in [0.2, 0.25) is 5.91 Å². The minimum atomic E-state index is -0.637. The third-order valence-corrected chi connectivity index (χ3v) is 3.35. The van der Waals surface area contributed by atoms with Crippen molar-refractivity contribution in [1.29, 1.82) is 0 Å². The standard InChI is InChI=1S/C14H18N6O5/c1-4-25-13(22)8-19-10(3)14(9(2)16-19)15-12(21)7-18-6-5-11(17-18)20(23)24/h5-6H,4,7-8H2,1-3H3,(H,15,21). The van der Waals surface area contributed by atoms with Gasteiger partial charge in [-0.05, 0) is 25.7 Å². The van der Waals surface area contributed by atoms with E-state index in [4.69, 9.17) is 4.74 Å². The molecule has 2 aromatic heterocycles. The molecule has 0 aliphatic heterocycles. The largest absolute Gasteiger partial charge is 0.465 e. The first kappa shape index (κ1) is 18.1.